The van der Waals surface area contributed by atoms with Crippen molar-refractivity contribution < 1.29 is 22.7 Å². The number of amides is 1. The Balaban J connectivity index is 2.00. The van der Waals surface area contributed by atoms with Crippen LogP contribution in [-0.4, -0.2) is 44.8 Å². The van der Waals surface area contributed by atoms with Crippen molar-refractivity contribution in [1.29, 1.82) is 0 Å². The van der Waals surface area contributed by atoms with Gasteiger partial charge in [0.1, 0.15) is 0 Å². The fourth-order valence-corrected chi connectivity index (χ4v) is 3.43. The molecular formula is C18H19ClN2O5S. The molecule has 0 bridgehead atoms. The fraction of sp³-hybridized carbons (Fsp3) is 0.222. The first-order chi connectivity index (χ1) is 12.7. The highest BCUT2D eigenvalue weighted by Gasteiger charge is 2.23. The number of rotatable bonds is 7. The Kier molecular flexibility index (Phi) is 6.95. The van der Waals surface area contributed by atoms with E-state index in [0.717, 1.165) is 4.31 Å². The molecule has 0 fully saturated rings. The van der Waals surface area contributed by atoms with Crippen molar-refractivity contribution in [3.8, 4) is 0 Å². The number of likely N-dealkylation sites (N-methyl/N-ethyl adjacent to an activating group) is 1. The number of esters is 1. The van der Waals surface area contributed by atoms with Crippen molar-refractivity contribution in [3.63, 3.8) is 0 Å². The second-order valence-corrected chi connectivity index (χ2v) is 8.04. The Bertz CT molecular complexity index is 912. The van der Waals surface area contributed by atoms with Gasteiger partial charge in [-0.25, -0.2) is 13.2 Å². The smallest absolute Gasteiger partial charge is 0.338 e. The van der Waals surface area contributed by atoms with E-state index >= 15 is 0 Å². The highest BCUT2D eigenvalue weighted by atomic mass is 35.5. The summed E-state index contributed by atoms with van der Waals surface area (Å²) in [6.45, 7) is 1.61. The van der Waals surface area contributed by atoms with Gasteiger partial charge in [-0.15, -0.1) is 0 Å². The molecule has 2 aromatic rings. The Hall–Kier alpha value is -2.42. The Morgan fingerprint density at radius 1 is 1.07 bits per heavy atom. The van der Waals surface area contributed by atoms with Gasteiger partial charge < -0.3 is 10.1 Å². The van der Waals surface area contributed by atoms with E-state index in [1.54, 1.807) is 6.92 Å². The van der Waals surface area contributed by atoms with Crippen LogP contribution in [0, 0.1) is 0 Å². The molecule has 0 aliphatic rings. The van der Waals surface area contributed by atoms with Crippen LogP contribution in [0.1, 0.15) is 17.3 Å². The Morgan fingerprint density at radius 2 is 1.67 bits per heavy atom. The number of carbonyl (C=O) groups is 2. The molecule has 0 aliphatic heterocycles. The van der Waals surface area contributed by atoms with E-state index in [1.807, 2.05) is 0 Å². The van der Waals surface area contributed by atoms with Gasteiger partial charge >= 0.3 is 5.97 Å². The molecule has 7 nitrogen and oxygen atoms in total. The lowest BCUT2D eigenvalue weighted by Gasteiger charge is -2.17. The van der Waals surface area contributed by atoms with Crippen LogP contribution in [0.25, 0.3) is 0 Å². The highest BCUT2D eigenvalue weighted by molar-refractivity contribution is 7.89. The minimum atomic E-state index is -3.81. The third-order valence-electron chi connectivity index (χ3n) is 3.57. The van der Waals surface area contributed by atoms with Crippen LogP contribution in [0.4, 0.5) is 5.69 Å². The lowest BCUT2D eigenvalue weighted by Crippen LogP contribution is -2.34. The number of hydrogen-bond donors (Lipinski definition) is 1. The van der Waals surface area contributed by atoms with E-state index in [0.29, 0.717) is 16.3 Å². The zero-order valence-corrected chi connectivity index (χ0v) is 16.4. The lowest BCUT2D eigenvalue weighted by atomic mass is 10.2. The van der Waals surface area contributed by atoms with E-state index < -0.39 is 21.9 Å². The Morgan fingerprint density at radius 3 is 2.22 bits per heavy atom. The molecule has 0 saturated carbocycles. The normalized spacial score (nSPS) is 11.3. The lowest BCUT2D eigenvalue weighted by molar-refractivity contribution is -0.116. The van der Waals surface area contributed by atoms with Gasteiger partial charge in [-0.05, 0) is 55.5 Å². The van der Waals surface area contributed by atoms with Crippen LogP contribution >= 0.6 is 11.6 Å². The summed E-state index contributed by atoms with van der Waals surface area (Å²) in [6, 6.07) is 11.8. The van der Waals surface area contributed by atoms with Crippen molar-refractivity contribution >= 4 is 39.2 Å². The third kappa shape index (κ3) is 5.53. The first kappa shape index (κ1) is 20.9. The quantitative estimate of drug-likeness (QED) is 0.708. The van der Waals surface area contributed by atoms with E-state index in [2.05, 4.69) is 5.32 Å². The van der Waals surface area contributed by atoms with E-state index in [4.69, 9.17) is 16.3 Å². The van der Waals surface area contributed by atoms with Gasteiger partial charge in [-0.3, -0.25) is 4.79 Å². The number of anilines is 1. The zero-order chi connectivity index (χ0) is 20.0. The molecule has 0 unspecified atom stereocenters. The molecule has 0 saturated heterocycles. The summed E-state index contributed by atoms with van der Waals surface area (Å²) in [5.74, 6) is -0.969. The van der Waals surface area contributed by atoms with Crippen LogP contribution in [0.15, 0.2) is 53.4 Å². The molecule has 0 aliphatic carbocycles. The van der Waals surface area contributed by atoms with Crippen LogP contribution in [0.2, 0.25) is 5.02 Å². The maximum Gasteiger partial charge on any atom is 0.338 e. The predicted octanol–water partition coefficient (Wildman–Crippen LogP) is 2.78. The summed E-state index contributed by atoms with van der Waals surface area (Å²) in [7, 11) is -2.50. The number of halogens is 1. The minimum Gasteiger partial charge on any atom is -0.462 e. The molecule has 1 amide bonds. The maximum absolute atomic E-state index is 12.5. The van der Waals surface area contributed by atoms with Gasteiger partial charge in [0.15, 0.2) is 0 Å². The van der Waals surface area contributed by atoms with Crippen molar-refractivity contribution in [2.24, 2.45) is 0 Å². The Labute approximate surface area is 162 Å². The van der Waals surface area contributed by atoms with Crippen molar-refractivity contribution in [2.45, 2.75) is 11.8 Å². The summed E-state index contributed by atoms with van der Waals surface area (Å²) in [5.41, 5.74) is 0.794. The van der Waals surface area contributed by atoms with Crippen LogP contribution < -0.4 is 5.32 Å². The number of nitrogens with one attached hydrogen (secondary N) is 1. The van der Waals surface area contributed by atoms with Gasteiger partial charge in [-0.1, -0.05) is 11.6 Å². The van der Waals surface area contributed by atoms with Gasteiger partial charge in [0, 0.05) is 17.8 Å². The number of carbonyl (C=O) groups excluding carboxylic acids is 2. The molecule has 0 heterocycles. The molecule has 2 aromatic carbocycles. The number of ether oxygens (including phenoxy) is 1. The van der Waals surface area contributed by atoms with E-state index in [1.165, 1.54) is 55.6 Å². The van der Waals surface area contributed by atoms with Gasteiger partial charge in [0.25, 0.3) is 0 Å². The van der Waals surface area contributed by atoms with Crippen LogP contribution in [-0.2, 0) is 19.6 Å². The molecule has 0 atom stereocenters. The number of sulfonamides is 1. The summed E-state index contributed by atoms with van der Waals surface area (Å²) in [5, 5.41) is 3.00. The SMILES string of the molecule is CCOC(=O)c1ccc(NC(=O)CN(C)S(=O)(=O)c2ccc(Cl)cc2)cc1. The number of benzene rings is 2. The summed E-state index contributed by atoms with van der Waals surface area (Å²) >= 11 is 5.76. The molecule has 9 heteroatoms. The van der Waals surface area contributed by atoms with Crippen LogP contribution in [0.5, 0.6) is 0 Å². The highest BCUT2D eigenvalue weighted by Crippen LogP contribution is 2.17. The summed E-state index contributed by atoms with van der Waals surface area (Å²) in [4.78, 5) is 23.8. The van der Waals surface area contributed by atoms with Gasteiger partial charge in [0.05, 0.1) is 23.6 Å². The van der Waals surface area contributed by atoms with Crippen molar-refractivity contribution in [1.82, 2.24) is 4.31 Å². The molecule has 0 aromatic heterocycles. The monoisotopic (exact) mass is 410 g/mol. The minimum absolute atomic E-state index is 0.0426. The van der Waals surface area contributed by atoms with Gasteiger partial charge in [-0.2, -0.15) is 4.31 Å². The number of hydrogen-bond acceptors (Lipinski definition) is 5. The maximum atomic E-state index is 12.5. The molecule has 0 spiro atoms. The van der Waals surface area contributed by atoms with Crippen molar-refractivity contribution in [3.05, 3.63) is 59.1 Å². The van der Waals surface area contributed by atoms with E-state index in [-0.39, 0.29) is 18.0 Å². The van der Waals surface area contributed by atoms with E-state index in [9.17, 15) is 18.0 Å². The zero-order valence-electron chi connectivity index (χ0n) is 14.8. The fourth-order valence-electron chi connectivity index (χ4n) is 2.18. The average molecular weight is 411 g/mol. The summed E-state index contributed by atoms with van der Waals surface area (Å²) in [6.07, 6.45) is 0. The average Bonchev–Trinajstić information content (AvgIpc) is 2.62. The largest absolute Gasteiger partial charge is 0.462 e. The predicted molar refractivity (Wildman–Crippen MR) is 102 cm³/mol. The summed E-state index contributed by atoms with van der Waals surface area (Å²) < 4.78 is 30.8. The van der Waals surface area contributed by atoms with Crippen LogP contribution in [0.3, 0.4) is 0 Å². The molecule has 1 N–H and O–H groups in total. The second-order valence-electron chi connectivity index (χ2n) is 5.56. The first-order valence-electron chi connectivity index (χ1n) is 8.03. The molecular weight excluding hydrogens is 392 g/mol. The number of nitrogens with zero attached hydrogens (tertiary/aromatic N) is 1. The standard InChI is InChI=1S/C18H19ClN2O5S/c1-3-26-18(23)13-4-8-15(9-5-13)20-17(22)12-21(2)27(24,25)16-10-6-14(19)7-11-16/h4-11H,3,12H2,1-2H3,(H,20,22). The molecule has 27 heavy (non-hydrogen) atoms. The first-order valence-corrected chi connectivity index (χ1v) is 9.84. The molecule has 0 radical (unpaired) electrons. The molecule has 144 valence electrons. The topological polar surface area (TPSA) is 92.8 Å². The third-order valence-corrected chi connectivity index (χ3v) is 5.64. The van der Waals surface area contributed by atoms with Crippen molar-refractivity contribution in [2.75, 3.05) is 25.5 Å². The van der Waals surface area contributed by atoms with Gasteiger partial charge in [0.2, 0.25) is 15.9 Å². The molecule has 2 rings (SSSR count). The second kappa shape index (κ2) is 8.98.